The molecule has 0 bridgehead atoms. The summed E-state index contributed by atoms with van der Waals surface area (Å²) in [6.07, 6.45) is 1.53. The van der Waals surface area contributed by atoms with Crippen molar-refractivity contribution in [2.75, 3.05) is 18.1 Å². The monoisotopic (exact) mass is 350 g/mol. The lowest BCUT2D eigenvalue weighted by Crippen LogP contribution is -2.38. The SMILES string of the molecule is O=C(c1ccnc(Oc2ccccc2)c1)N1CCOc2cc(F)ccc21. The third kappa shape index (κ3) is 3.21. The topological polar surface area (TPSA) is 51.7 Å². The molecule has 3 aromatic rings. The first-order chi connectivity index (χ1) is 12.7. The molecule has 0 N–H and O–H groups in total. The van der Waals surface area contributed by atoms with Crippen molar-refractivity contribution in [3.63, 3.8) is 0 Å². The van der Waals surface area contributed by atoms with Crippen LogP contribution in [0, 0.1) is 5.82 Å². The third-order valence-corrected chi connectivity index (χ3v) is 3.98. The molecule has 0 unspecified atom stereocenters. The Bertz CT molecular complexity index is 947. The van der Waals surface area contributed by atoms with Gasteiger partial charge in [0.15, 0.2) is 0 Å². The number of hydrogen-bond donors (Lipinski definition) is 0. The minimum absolute atomic E-state index is 0.221. The number of pyridine rings is 1. The van der Waals surface area contributed by atoms with Crippen molar-refractivity contribution in [3.8, 4) is 17.4 Å². The molecule has 0 saturated heterocycles. The van der Waals surface area contributed by atoms with Gasteiger partial charge in [0.05, 0.1) is 12.2 Å². The zero-order valence-electron chi connectivity index (χ0n) is 13.8. The van der Waals surface area contributed by atoms with E-state index < -0.39 is 5.82 Å². The van der Waals surface area contributed by atoms with E-state index in [4.69, 9.17) is 9.47 Å². The van der Waals surface area contributed by atoms with E-state index in [-0.39, 0.29) is 5.91 Å². The highest BCUT2D eigenvalue weighted by Gasteiger charge is 2.25. The highest BCUT2D eigenvalue weighted by Crippen LogP contribution is 2.33. The van der Waals surface area contributed by atoms with E-state index in [0.29, 0.717) is 41.8 Å². The van der Waals surface area contributed by atoms with Gasteiger partial charge in [0.25, 0.3) is 5.91 Å². The molecule has 2 heterocycles. The second-order valence-electron chi connectivity index (χ2n) is 5.72. The molecule has 0 radical (unpaired) electrons. The summed E-state index contributed by atoms with van der Waals surface area (Å²) in [5, 5.41) is 0. The number of carbonyl (C=O) groups excluding carboxylic acids is 1. The first-order valence-corrected chi connectivity index (χ1v) is 8.14. The largest absolute Gasteiger partial charge is 0.489 e. The van der Waals surface area contributed by atoms with Crippen molar-refractivity contribution < 1.29 is 18.7 Å². The molecular weight excluding hydrogens is 335 g/mol. The Morgan fingerprint density at radius 2 is 1.96 bits per heavy atom. The van der Waals surface area contributed by atoms with Crippen LogP contribution in [0.15, 0.2) is 66.9 Å². The predicted molar refractivity (Wildman–Crippen MR) is 94.3 cm³/mol. The average molecular weight is 350 g/mol. The number of aromatic nitrogens is 1. The van der Waals surface area contributed by atoms with Crippen molar-refractivity contribution in [3.05, 3.63) is 78.2 Å². The Morgan fingerprint density at radius 3 is 2.81 bits per heavy atom. The number of ether oxygens (including phenoxy) is 2. The number of nitrogens with zero attached hydrogens (tertiary/aromatic N) is 2. The minimum atomic E-state index is -0.402. The summed E-state index contributed by atoms with van der Waals surface area (Å²) in [7, 11) is 0. The van der Waals surface area contributed by atoms with Gasteiger partial charge in [-0.3, -0.25) is 4.79 Å². The number of carbonyl (C=O) groups is 1. The summed E-state index contributed by atoms with van der Waals surface area (Å²) >= 11 is 0. The molecule has 2 aromatic carbocycles. The van der Waals surface area contributed by atoms with Crippen LogP contribution in [0.2, 0.25) is 0 Å². The second kappa shape index (κ2) is 6.84. The van der Waals surface area contributed by atoms with E-state index in [2.05, 4.69) is 4.98 Å². The lowest BCUT2D eigenvalue weighted by molar-refractivity contribution is 0.0976. The fourth-order valence-electron chi connectivity index (χ4n) is 2.77. The fourth-order valence-corrected chi connectivity index (χ4v) is 2.77. The zero-order chi connectivity index (χ0) is 17.9. The van der Waals surface area contributed by atoms with Gasteiger partial charge in [-0.05, 0) is 30.3 Å². The van der Waals surface area contributed by atoms with E-state index in [1.54, 1.807) is 23.1 Å². The van der Waals surface area contributed by atoms with E-state index >= 15 is 0 Å². The normalized spacial score (nSPS) is 12.9. The molecule has 0 saturated carbocycles. The number of rotatable bonds is 3. The Morgan fingerprint density at radius 1 is 1.12 bits per heavy atom. The molecule has 1 amide bonds. The lowest BCUT2D eigenvalue weighted by Gasteiger charge is -2.29. The molecule has 26 heavy (non-hydrogen) atoms. The molecule has 0 fully saturated rings. The van der Waals surface area contributed by atoms with Crippen molar-refractivity contribution in [1.29, 1.82) is 0 Å². The maximum Gasteiger partial charge on any atom is 0.258 e. The van der Waals surface area contributed by atoms with Crippen LogP contribution in [0.5, 0.6) is 17.4 Å². The standard InChI is InChI=1S/C20H15FN2O3/c21-15-6-7-17-18(13-15)25-11-10-23(17)20(24)14-8-9-22-19(12-14)26-16-4-2-1-3-5-16/h1-9,12-13H,10-11H2. The predicted octanol–water partition coefficient (Wildman–Crippen LogP) is 4.05. The van der Waals surface area contributed by atoms with Crippen LogP contribution < -0.4 is 14.4 Å². The van der Waals surface area contributed by atoms with E-state index in [9.17, 15) is 9.18 Å². The first kappa shape index (κ1) is 16.1. The molecule has 0 aliphatic carbocycles. The molecule has 0 spiro atoms. The van der Waals surface area contributed by atoms with Crippen LogP contribution in [0.3, 0.4) is 0 Å². The van der Waals surface area contributed by atoms with Crippen LogP contribution in [-0.2, 0) is 0 Å². The first-order valence-electron chi connectivity index (χ1n) is 8.14. The Balaban J connectivity index is 1.61. The summed E-state index contributed by atoms with van der Waals surface area (Å²) in [4.78, 5) is 18.7. The van der Waals surface area contributed by atoms with Crippen molar-refractivity contribution in [2.24, 2.45) is 0 Å². The van der Waals surface area contributed by atoms with Gasteiger partial charge in [-0.15, -0.1) is 0 Å². The van der Waals surface area contributed by atoms with Gasteiger partial charge in [0.2, 0.25) is 5.88 Å². The van der Waals surface area contributed by atoms with Crippen LogP contribution in [0.4, 0.5) is 10.1 Å². The van der Waals surface area contributed by atoms with Gasteiger partial charge in [0, 0.05) is 23.9 Å². The van der Waals surface area contributed by atoms with E-state index in [0.717, 1.165) is 0 Å². The van der Waals surface area contributed by atoms with Gasteiger partial charge in [0.1, 0.15) is 23.9 Å². The zero-order valence-corrected chi connectivity index (χ0v) is 13.8. The summed E-state index contributed by atoms with van der Waals surface area (Å²) in [5.74, 6) is 0.702. The number of anilines is 1. The molecule has 6 heteroatoms. The van der Waals surface area contributed by atoms with Crippen LogP contribution in [0.25, 0.3) is 0 Å². The van der Waals surface area contributed by atoms with Gasteiger partial charge >= 0.3 is 0 Å². The number of benzene rings is 2. The maximum atomic E-state index is 13.4. The minimum Gasteiger partial charge on any atom is -0.489 e. The number of amides is 1. The summed E-state index contributed by atoms with van der Waals surface area (Å²) in [6, 6.07) is 16.6. The van der Waals surface area contributed by atoms with Crippen LogP contribution >= 0.6 is 0 Å². The molecule has 4 rings (SSSR count). The Kier molecular flexibility index (Phi) is 4.23. The summed E-state index contributed by atoms with van der Waals surface area (Å²) in [6.45, 7) is 0.690. The molecule has 1 aliphatic heterocycles. The van der Waals surface area contributed by atoms with Gasteiger partial charge in [-0.1, -0.05) is 18.2 Å². The molecule has 5 nitrogen and oxygen atoms in total. The fraction of sp³-hybridized carbons (Fsp3) is 0.100. The number of para-hydroxylation sites is 1. The summed E-state index contributed by atoms with van der Waals surface area (Å²) in [5.41, 5.74) is 0.980. The smallest absolute Gasteiger partial charge is 0.258 e. The molecule has 130 valence electrons. The quantitative estimate of drug-likeness (QED) is 0.715. The maximum absolute atomic E-state index is 13.4. The number of halogens is 1. The highest BCUT2D eigenvalue weighted by atomic mass is 19.1. The number of hydrogen-bond acceptors (Lipinski definition) is 4. The highest BCUT2D eigenvalue weighted by molar-refractivity contribution is 6.07. The number of fused-ring (bicyclic) bond motifs is 1. The van der Waals surface area contributed by atoms with Gasteiger partial charge in [-0.25, -0.2) is 9.37 Å². The summed E-state index contributed by atoms with van der Waals surface area (Å²) < 4.78 is 24.5. The molecular formula is C20H15FN2O3. The lowest BCUT2D eigenvalue weighted by atomic mass is 10.1. The van der Waals surface area contributed by atoms with E-state index in [1.165, 1.54) is 18.3 Å². The third-order valence-electron chi connectivity index (χ3n) is 3.98. The van der Waals surface area contributed by atoms with Gasteiger partial charge < -0.3 is 14.4 Å². The van der Waals surface area contributed by atoms with Gasteiger partial charge in [-0.2, -0.15) is 0 Å². The molecule has 1 aromatic heterocycles. The van der Waals surface area contributed by atoms with E-state index in [1.807, 2.05) is 30.3 Å². The van der Waals surface area contributed by atoms with Crippen molar-refractivity contribution >= 4 is 11.6 Å². The van der Waals surface area contributed by atoms with Crippen LogP contribution in [-0.4, -0.2) is 24.0 Å². The molecule has 0 atom stereocenters. The molecule has 1 aliphatic rings. The second-order valence-corrected chi connectivity index (χ2v) is 5.72. The Labute approximate surface area is 149 Å². The Hall–Kier alpha value is -3.41. The van der Waals surface area contributed by atoms with Crippen LogP contribution in [0.1, 0.15) is 10.4 Å². The van der Waals surface area contributed by atoms with Crippen molar-refractivity contribution in [1.82, 2.24) is 4.98 Å². The average Bonchev–Trinajstić information content (AvgIpc) is 2.68. The van der Waals surface area contributed by atoms with Crippen molar-refractivity contribution in [2.45, 2.75) is 0 Å².